The van der Waals surface area contributed by atoms with E-state index in [-0.39, 0.29) is 11.5 Å². The maximum Gasteiger partial charge on any atom is 0.203 e. The summed E-state index contributed by atoms with van der Waals surface area (Å²) in [4.78, 5) is 0. The Morgan fingerprint density at radius 2 is 1.14 bits per heavy atom. The molecule has 2 aromatic carbocycles. The van der Waals surface area contributed by atoms with Gasteiger partial charge in [0.15, 0.2) is 11.5 Å². The summed E-state index contributed by atoms with van der Waals surface area (Å²) in [6.07, 6.45) is 3.58. The molecular formula is C17H18O5. The fraction of sp³-hybridized carbons (Fsp3) is 0.176. The van der Waals surface area contributed by atoms with Crippen molar-refractivity contribution in [1.29, 1.82) is 0 Å². The maximum absolute atomic E-state index is 9.47. The number of aromatic hydroxyl groups is 2. The number of methoxy groups -OCH3 is 3. The van der Waals surface area contributed by atoms with Crippen LogP contribution in [0.4, 0.5) is 0 Å². The highest BCUT2D eigenvalue weighted by atomic mass is 16.5. The van der Waals surface area contributed by atoms with Crippen molar-refractivity contribution in [3.05, 3.63) is 41.5 Å². The zero-order chi connectivity index (χ0) is 16.1. The van der Waals surface area contributed by atoms with Gasteiger partial charge in [0.25, 0.3) is 0 Å². The molecule has 5 nitrogen and oxygen atoms in total. The molecule has 116 valence electrons. The van der Waals surface area contributed by atoms with Crippen molar-refractivity contribution >= 4 is 12.2 Å². The van der Waals surface area contributed by atoms with Gasteiger partial charge in [0.05, 0.1) is 21.3 Å². The summed E-state index contributed by atoms with van der Waals surface area (Å²) in [6.45, 7) is 0. The molecule has 2 N–H and O–H groups in total. The van der Waals surface area contributed by atoms with Gasteiger partial charge >= 0.3 is 0 Å². The predicted molar refractivity (Wildman–Crippen MR) is 84.8 cm³/mol. The number of rotatable bonds is 5. The Kier molecular flexibility index (Phi) is 4.78. The fourth-order valence-electron chi connectivity index (χ4n) is 2.10. The van der Waals surface area contributed by atoms with Crippen LogP contribution in [0, 0.1) is 0 Å². The van der Waals surface area contributed by atoms with Gasteiger partial charge in [0.2, 0.25) is 5.75 Å². The van der Waals surface area contributed by atoms with Crippen molar-refractivity contribution in [3.63, 3.8) is 0 Å². The third-order valence-corrected chi connectivity index (χ3v) is 3.08. The van der Waals surface area contributed by atoms with E-state index < -0.39 is 0 Å². The van der Waals surface area contributed by atoms with Crippen molar-refractivity contribution in [1.82, 2.24) is 0 Å². The average Bonchev–Trinajstić information content (AvgIpc) is 2.50. The van der Waals surface area contributed by atoms with Crippen molar-refractivity contribution < 1.29 is 24.4 Å². The van der Waals surface area contributed by atoms with Gasteiger partial charge in [-0.2, -0.15) is 0 Å². The minimum Gasteiger partial charge on any atom is -0.508 e. The quantitative estimate of drug-likeness (QED) is 0.829. The number of hydrogen-bond acceptors (Lipinski definition) is 5. The second-order valence-corrected chi connectivity index (χ2v) is 4.57. The number of phenols is 2. The lowest BCUT2D eigenvalue weighted by Gasteiger charge is -2.12. The molecule has 22 heavy (non-hydrogen) atoms. The van der Waals surface area contributed by atoms with E-state index in [2.05, 4.69) is 0 Å². The molecule has 0 amide bonds. The Bertz CT molecular complexity index is 646. The van der Waals surface area contributed by atoms with E-state index in [1.807, 2.05) is 6.08 Å². The van der Waals surface area contributed by atoms with Crippen LogP contribution in [0.5, 0.6) is 28.7 Å². The van der Waals surface area contributed by atoms with Crippen molar-refractivity contribution in [2.75, 3.05) is 21.3 Å². The third-order valence-electron chi connectivity index (χ3n) is 3.08. The molecule has 0 aromatic heterocycles. The first-order valence-corrected chi connectivity index (χ1v) is 6.58. The molecule has 2 rings (SSSR count). The first-order chi connectivity index (χ1) is 10.6. The standard InChI is InChI=1S/C17H18O5/c1-20-15-8-12(9-16(21-2)17(15)22-3)5-4-11-6-13(18)10-14(19)7-11/h4-10,18-19H,1-3H3/b5-4+. The highest BCUT2D eigenvalue weighted by Gasteiger charge is 2.11. The van der Waals surface area contributed by atoms with E-state index in [1.165, 1.54) is 6.07 Å². The third kappa shape index (κ3) is 3.44. The second kappa shape index (κ2) is 6.76. The van der Waals surface area contributed by atoms with E-state index >= 15 is 0 Å². The minimum atomic E-state index is 0.00421. The summed E-state index contributed by atoms with van der Waals surface area (Å²) < 4.78 is 15.8. The van der Waals surface area contributed by atoms with Crippen LogP contribution in [0.1, 0.15) is 11.1 Å². The Hall–Kier alpha value is -2.82. The Labute approximate surface area is 129 Å². The van der Waals surface area contributed by atoms with Gasteiger partial charge < -0.3 is 24.4 Å². The van der Waals surface area contributed by atoms with Gasteiger partial charge in [-0.15, -0.1) is 0 Å². The molecule has 0 unspecified atom stereocenters. The van der Waals surface area contributed by atoms with Crippen LogP contribution in [-0.4, -0.2) is 31.5 Å². The lowest BCUT2D eigenvalue weighted by atomic mass is 10.1. The molecule has 0 saturated carbocycles. The minimum absolute atomic E-state index is 0.00421. The molecule has 2 aromatic rings. The van der Waals surface area contributed by atoms with Crippen LogP contribution in [-0.2, 0) is 0 Å². The lowest BCUT2D eigenvalue weighted by Crippen LogP contribution is -1.95. The van der Waals surface area contributed by atoms with Crippen LogP contribution >= 0.6 is 0 Å². The largest absolute Gasteiger partial charge is 0.508 e. The topological polar surface area (TPSA) is 68.2 Å². The number of phenolic OH excluding ortho intramolecular Hbond substituents is 2. The normalized spacial score (nSPS) is 10.7. The zero-order valence-corrected chi connectivity index (χ0v) is 12.7. The molecule has 0 aliphatic heterocycles. The van der Waals surface area contributed by atoms with Gasteiger partial charge in [-0.3, -0.25) is 0 Å². The molecule has 0 aliphatic rings. The number of ether oxygens (including phenoxy) is 3. The molecule has 0 atom stereocenters. The van der Waals surface area contributed by atoms with Gasteiger partial charge in [-0.05, 0) is 35.4 Å². The van der Waals surface area contributed by atoms with Crippen LogP contribution in [0.25, 0.3) is 12.2 Å². The van der Waals surface area contributed by atoms with Crippen LogP contribution in [0.2, 0.25) is 0 Å². The van der Waals surface area contributed by atoms with Gasteiger partial charge in [0, 0.05) is 6.07 Å². The monoisotopic (exact) mass is 302 g/mol. The summed E-state index contributed by atoms with van der Waals surface area (Å²) in [5, 5.41) is 18.9. The molecule has 0 aliphatic carbocycles. The Morgan fingerprint density at radius 3 is 1.55 bits per heavy atom. The van der Waals surface area contributed by atoms with E-state index in [0.29, 0.717) is 22.8 Å². The number of hydrogen-bond donors (Lipinski definition) is 2. The van der Waals surface area contributed by atoms with Crippen LogP contribution < -0.4 is 14.2 Å². The van der Waals surface area contributed by atoms with E-state index in [0.717, 1.165) is 5.56 Å². The molecule has 0 radical (unpaired) electrons. The summed E-state index contributed by atoms with van der Waals surface area (Å²) in [5.74, 6) is 1.65. The average molecular weight is 302 g/mol. The summed E-state index contributed by atoms with van der Waals surface area (Å²) in [6, 6.07) is 7.99. The summed E-state index contributed by atoms with van der Waals surface area (Å²) in [5.41, 5.74) is 1.50. The van der Waals surface area contributed by atoms with Gasteiger partial charge in [-0.25, -0.2) is 0 Å². The van der Waals surface area contributed by atoms with E-state index in [9.17, 15) is 10.2 Å². The summed E-state index contributed by atoms with van der Waals surface area (Å²) >= 11 is 0. The van der Waals surface area contributed by atoms with E-state index in [4.69, 9.17) is 14.2 Å². The molecule has 0 saturated heterocycles. The Morgan fingerprint density at radius 1 is 0.682 bits per heavy atom. The maximum atomic E-state index is 9.47. The van der Waals surface area contributed by atoms with Gasteiger partial charge in [0.1, 0.15) is 11.5 Å². The molecule has 0 bridgehead atoms. The Balaban J connectivity index is 2.38. The van der Waals surface area contributed by atoms with Crippen molar-refractivity contribution in [2.24, 2.45) is 0 Å². The van der Waals surface area contributed by atoms with Crippen LogP contribution in [0.15, 0.2) is 30.3 Å². The zero-order valence-electron chi connectivity index (χ0n) is 12.7. The first kappa shape index (κ1) is 15.6. The SMILES string of the molecule is COc1cc(/C=C/c2cc(O)cc(O)c2)cc(OC)c1OC. The molecule has 5 heteroatoms. The van der Waals surface area contributed by atoms with Crippen molar-refractivity contribution in [3.8, 4) is 28.7 Å². The highest BCUT2D eigenvalue weighted by Crippen LogP contribution is 2.38. The lowest BCUT2D eigenvalue weighted by molar-refractivity contribution is 0.324. The van der Waals surface area contributed by atoms with Crippen LogP contribution in [0.3, 0.4) is 0 Å². The molecule has 0 fully saturated rings. The predicted octanol–water partition coefficient (Wildman–Crippen LogP) is 3.29. The summed E-state index contributed by atoms with van der Waals surface area (Å²) in [7, 11) is 4.65. The smallest absolute Gasteiger partial charge is 0.203 e. The highest BCUT2D eigenvalue weighted by molar-refractivity contribution is 5.73. The van der Waals surface area contributed by atoms with E-state index in [1.54, 1.807) is 51.7 Å². The van der Waals surface area contributed by atoms with Gasteiger partial charge in [-0.1, -0.05) is 12.2 Å². The second-order valence-electron chi connectivity index (χ2n) is 4.57. The first-order valence-electron chi connectivity index (χ1n) is 6.58. The molecule has 0 spiro atoms. The molecular weight excluding hydrogens is 284 g/mol. The van der Waals surface area contributed by atoms with Crippen molar-refractivity contribution in [2.45, 2.75) is 0 Å². The molecule has 0 heterocycles. The number of benzene rings is 2. The fourth-order valence-corrected chi connectivity index (χ4v) is 2.10.